The monoisotopic (exact) mass is 276 g/mol. The predicted molar refractivity (Wildman–Crippen MR) is 71.2 cm³/mol. The Balaban J connectivity index is 1.70. The van der Waals surface area contributed by atoms with Gasteiger partial charge in [-0.3, -0.25) is 0 Å². The molecule has 0 aliphatic carbocycles. The first-order valence-corrected chi connectivity index (χ1v) is 12.6. The topological polar surface area (TPSA) is 43.5 Å². The summed E-state index contributed by atoms with van der Waals surface area (Å²) in [5.74, 6) is 0. The quantitative estimate of drug-likeness (QED) is 0.500. The highest BCUT2D eigenvalue weighted by molar-refractivity contribution is 6.89. The van der Waals surface area contributed by atoms with Gasteiger partial charge >= 0.3 is 0 Å². The van der Waals surface area contributed by atoms with Crippen LogP contribution in [0.4, 0.5) is 0 Å². The van der Waals surface area contributed by atoms with E-state index in [2.05, 4.69) is 26.2 Å². The molecule has 6 heteroatoms. The van der Waals surface area contributed by atoms with E-state index in [-0.39, 0.29) is 0 Å². The number of hydrogen-bond acceptors (Lipinski definition) is 4. The average Bonchev–Trinajstić information content (AvgIpc) is 3.05. The summed E-state index contributed by atoms with van der Waals surface area (Å²) in [5.41, 5.74) is 1.14. The summed E-state index contributed by atoms with van der Waals surface area (Å²) in [4.78, 5) is 0. The van der Waals surface area contributed by atoms with E-state index in [0.29, 0.717) is 12.2 Å². The lowest BCUT2D eigenvalue weighted by Gasteiger charge is -2.31. The molecule has 2 saturated heterocycles. The van der Waals surface area contributed by atoms with Crippen LogP contribution in [-0.4, -0.2) is 55.3 Å². The van der Waals surface area contributed by atoms with E-state index in [9.17, 15) is 0 Å². The first-order valence-electron chi connectivity index (χ1n) is 6.37. The van der Waals surface area contributed by atoms with E-state index in [1.165, 1.54) is 0 Å². The summed E-state index contributed by atoms with van der Waals surface area (Å²) in [5, 5.41) is 0. The Morgan fingerprint density at radius 2 is 1.24 bits per heavy atom. The maximum absolute atomic E-state index is 6.05. The van der Waals surface area contributed by atoms with Crippen molar-refractivity contribution < 1.29 is 18.3 Å². The van der Waals surface area contributed by atoms with Crippen LogP contribution in [0.5, 0.6) is 0 Å². The first-order chi connectivity index (χ1) is 7.86. The van der Waals surface area contributed by atoms with Gasteiger partial charge in [-0.05, 0) is 31.9 Å². The van der Waals surface area contributed by atoms with Crippen LogP contribution in [0.15, 0.2) is 0 Å². The molecule has 17 heavy (non-hydrogen) atoms. The molecule has 0 aromatic heterocycles. The Morgan fingerprint density at radius 1 is 0.882 bits per heavy atom. The molecule has 100 valence electrons. The van der Waals surface area contributed by atoms with Crippen molar-refractivity contribution in [2.45, 2.75) is 44.1 Å². The molecule has 0 bridgehead atoms. The number of ether oxygens (including phenoxy) is 2. The molecule has 2 rings (SSSR count). The van der Waals surface area contributed by atoms with E-state index >= 15 is 0 Å². The molecule has 2 aliphatic rings. The third-order valence-electron chi connectivity index (χ3n) is 2.98. The highest BCUT2D eigenvalue weighted by atomic mass is 28.4. The van der Waals surface area contributed by atoms with Crippen LogP contribution in [0, 0.1) is 0 Å². The molecule has 0 amide bonds. The minimum Gasteiger partial charge on any atom is -0.415 e. The lowest BCUT2D eigenvalue weighted by Crippen LogP contribution is -2.45. The fourth-order valence-corrected chi connectivity index (χ4v) is 12.4. The van der Waals surface area contributed by atoms with Crippen molar-refractivity contribution in [1.29, 1.82) is 0 Å². The lowest BCUT2D eigenvalue weighted by atomic mass is 10.5. The fraction of sp³-hybridized carbons (Fsp3) is 1.00. The molecule has 0 aromatic rings. The van der Waals surface area contributed by atoms with Crippen molar-refractivity contribution in [3.8, 4) is 0 Å². The van der Waals surface area contributed by atoms with Gasteiger partial charge in [0.05, 0.1) is 26.4 Å². The Labute approximate surface area is 106 Å². The molecule has 0 spiro atoms. The van der Waals surface area contributed by atoms with Crippen LogP contribution >= 0.6 is 0 Å². The Hall–Kier alpha value is 0.274. The molecule has 2 heterocycles. The largest absolute Gasteiger partial charge is 0.415 e. The fourth-order valence-electron chi connectivity index (χ4n) is 2.09. The third-order valence-corrected chi connectivity index (χ3v) is 11.7. The van der Waals surface area contributed by atoms with Crippen molar-refractivity contribution in [2.24, 2.45) is 0 Å². The molecular formula is C11H24O4Si2. The third kappa shape index (κ3) is 5.63. The van der Waals surface area contributed by atoms with Gasteiger partial charge in [-0.2, -0.15) is 0 Å². The zero-order valence-electron chi connectivity index (χ0n) is 11.3. The number of epoxide rings is 2. The van der Waals surface area contributed by atoms with Crippen LogP contribution < -0.4 is 0 Å². The SMILES string of the molecule is C[Si](C)(C[Si](C)(C)OCC1CO1)OCC1CO1. The van der Waals surface area contributed by atoms with Gasteiger partial charge in [-0.15, -0.1) is 0 Å². The number of hydrogen-bond donors (Lipinski definition) is 0. The molecule has 0 saturated carbocycles. The van der Waals surface area contributed by atoms with Crippen LogP contribution in [0.25, 0.3) is 0 Å². The van der Waals surface area contributed by atoms with Crippen LogP contribution in [0.1, 0.15) is 0 Å². The zero-order chi connectivity index (χ0) is 12.5. The van der Waals surface area contributed by atoms with E-state index in [1.807, 2.05) is 0 Å². The lowest BCUT2D eigenvalue weighted by molar-refractivity contribution is 0.246. The van der Waals surface area contributed by atoms with Crippen molar-refractivity contribution in [3.63, 3.8) is 0 Å². The molecule has 0 aromatic carbocycles. The maximum atomic E-state index is 6.05. The minimum atomic E-state index is -1.60. The Bertz CT molecular complexity index is 236. The molecule has 0 N–H and O–H groups in total. The predicted octanol–water partition coefficient (Wildman–Crippen LogP) is 1.77. The van der Waals surface area contributed by atoms with Crippen molar-refractivity contribution in [1.82, 2.24) is 0 Å². The van der Waals surface area contributed by atoms with Gasteiger partial charge in [0, 0.05) is 0 Å². The van der Waals surface area contributed by atoms with Gasteiger partial charge in [0.15, 0.2) is 16.6 Å². The smallest absolute Gasteiger partial charge is 0.186 e. The number of rotatable bonds is 8. The van der Waals surface area contributed by atoms with E-state index in [1.54, 1.807) is 0 Å². The normalized spacial score (nSPS) is 28.2. The second kappa shape index (κ2) is 5.10. The zero-order valence-corrected chi connectivity index (χ0v) is 13.3. The molecular weight excluding hydrogens is 252 g/mol. The van der Waals surface area contributed by atoms with Gasteiger partial charge in [-0.1, -0.05) is 0 Å². The summed E-state index contributed by atoms with van der Waals surface area (Å²) < 4.78 is 22.5. The highest BCUT2D eigenvalue weighted by Gasteiger charge is 2.38. The Morgan fingerprint density at radius 3 is 1.53 bits per heavy atom. The molecule has 4 nitrogen and oxygen atoms in total. The standard InChI is InChI=1S/C11H24O4Si2/c1-16(2,14-7-10-5-12-10)9-17(3,4)15-8-11-6-13-11/h10-11H,5-9H2,1-4H3. The average molecular weight is 276 g/mol. The summed E-state index contributed by atoms with van der Waals surface area (Å²) in [7, 11) is -3.19. The van der Waals surface area contributed by atoms with Gasteiger partial charge in [0.1, 0.15) is 12.2 Å². The summed E-state index contributed by atoms with van der Waals surface area (Å²) in [6.45, 7) is 12.4. The van der Waals surface area contributed by atoms with E-state index in [4.69, 9.17) is 18.3 Å². The summed E-state index contributed by atoms with van der Waals surface area (Å²) >= 11 is 0. The van der Waals surface area contributed by atoms with Gasteiger partial charge < -0.3 is 18.3 Å². The van der Waals surface area contributed by atoms with Gasteiger partial charge in [0.25, 0.3) is 0 Å². The molecule has 2 aliphatic heterocycles. The Kier molecular flexibility index (Phi) is 4.11. The van der Waals surface area contributed by atoms with Crippen molar-refractivity contribution in [2.75, 3.05) is 26.4 Å². The minimum absolute atomic E-state index is 0.368. The van der Waals surface area contributed by atoms with Crippen LogP contribution in [0.3, 0.4) is 0 Å². The molecule has 2 unspecified atom stereocenters. The van der Waals surface area contributed by atoms with E-state index in [0.717, 1.165) is 32.1 Å². The van der Waals surface area contributed by atoms with Crippen molar-refractivity contribution >= 4 is 16.6 Å². The second-order valence-corrected chi connectivity index (χ2v) is 15.3. The van der Waals surface area contributed by atoms with E-state index < -0.39 is 16.6 Å². The van der Waals surface area contributed by atoms with Gasteiger partial charge in [0.2, 0.25) is 0 Å². The van der Waals surface area contributed by atoms with Gasteiger partial charge in [-0.25, -0.2) is 0 Å². The first kappa shape index (κ1) is 13.7. The molecule has 0 radical (unpaired) electrons. The van der Waals surface area contributed by atoms with Crippen LogP contribution in [-0.2, 0) is 18.3 Å². The highest BCUT2D eigenvalue weighted by Crippen LogP contribution is 2.24. The molecule has 2 atom stereocenters. The van der Waals surface area contributed by atoms with Crippen molar-refractivity contribution in [3.05, 3.63) is 0 Å². The second-order valence-electron chi connectivity index (χ2n) is 6.23. The molecule has 2 fully saturated rings. The summed E-state index contributed by atoms with van der Waals surface area (Å²) in [6, 6.07) is 0. The maximum Gasteiger partial charge on any atom is 0.186 e. The van der Waals surface area contributed by atoms with Crippen LogP contribution in [0.2, 0.25) is 31.9 Å². The summed E-state index contributed by atoms with van der Waals surface area (Å²) in [6.07, 6.45) is 0.736.